The standard InChI is InChI=1S/C18H26N4O2.2ClH/c1-11-3-6-14-15(9-11)22-17(21-14)7-8-20-18(23)12-4-5-13(19)16(10-12)24-2;;/h3,6,9,12-13,16H,4-5,7-8,10,19H2,1-2H3,(H,20,23)(H,21,22);2*1H/t12-,13+,16+;;/m0../s1. The van der Waals surface area contributed by atoms with Crippen LogP contribution in [0.4, 0.5) is 0 Å². The van der Waals surface area contributed by atoms with Gasteiger partial charge in [-0.2, -0.15) is 0 Å². The zero-order chi connectivity index (χ0) is 17.1. The molecule has 3 rings (SSSR count). The van der Waals surface area contributed by atoms with Crippen LogP contribution in [0.25, 0.3) is 11.0 Å². The van der Waals surface area contributed by atoms with Crippen molar-refractivity contribution in [3.63, 3.8) is 0 Å². The van der Waals surface area contributed by atoms with Gasteiger partial charge < -0.3 is 20.8 Å². The Balaban J connectivity index is 0.00000169. The Morgan fingerprint density at radius 1 is 1.38 bits per heavy atom. The first-order valence-corrected chi connectivity index (χ1v) is 8.58. The minimum absolute atomic E-state index is 0. The highest BCUT2D eigenvalue weighted by atomic mass is 35.5. The van der Waals surface area contributed by atoms with Crippen LogP contribution in [0.5, 0.6) is 0 Å². The Hall–Kier alpha value is -1.34. The minimum atomic E-state index is -0.0203. The summed E-state index contributed by atoms with van der Waals surface area (Å²) in [4.78, 5) is 20.2. The first-order valence-electron chi connectivity index (χ1n) is 8.58. The van der Waals surface area contributed by atoms with Crippen molar-refractivity contribution in [3.05, 3.63) is 29.6 Å². The number of rotatable bonds is 5. The zero-order valence-electron chi connectivity index (χ0n) is 15.2. The molecule has 146 valence electrons. The lowest BCUT2D eigenvalue weighted by Gasteiger charge is -2.32. The first-order chi connectivity index (χ1) is 11.6. The van der Waals surface area contributed by atoms with Crippen molar-refractivity contribution in [2.45, 2.75) is 44.8 Å². The number of nitrogens with zero attached hydrogens (tertiary/aromatic N) is 1. The quantitative estimate of drug-likeness (QED) is 0.715. The molecule has 1 saturated carbocycles. The van der Waals surface area contributed by atoms with Gasteiger partial charge in [-0.3, -0.25) is 4.79 Å². The normalized spacial score (nSPS) is 22.3. The van der Waals surface area contributed by atoms with E-state index in [0.29, 0.717) is 19.4 Å². The second-order valence-electron chi connectivity index (χ2n) is 6.69. The van der Waals surface area contributed by atoms with Crippen LogP contribution < -0.4 is 11.1 Å². The van der Waals surface area contributed by atoms with Gasteiger partial charge in [-0.15, -0.1) is 24.8 Å². The lowest BCUT2D eigenvalue weighted by Crippen LogP contribution is -2.45. The van der Waals surface area contributed by atoms with Gasteiger partial charge in [-0.05, 0) is 43.9 Å². The molecule has 1 amide bonds. The number of ether oxygens (including phenoxy) is 1. The molecule has 0 radical (unpaired) electrons. The predicted octanol–water partition coefficient (Wildman–Crippen LogP) is 2.52. The number of fused-ring (bicyclic) bond motifs is 1. The summed E-state index contributed by atoms with van der Waals surface area (Å²) in [5.41, 5.74) is 9.22. The van der Waals surface area contributed by atoms with Crippen molar-refractivity contribution in [1.29, 1.82) is 0 Å². The van der Waals surface area contributed by atoms with Crippen LogP contribution in [-0.4, -0.2) is 41.7 Å². The van der Waals surface area contributed by atoms with Gasteiger partial charge in [-0.1, -0.05) is 6.07 Å². The number of imidazole rings is 1. The van der Waals surface area contributed by atoms with Crippen LogP contribution >= 0.6 is 24.8 Å². The van der Waals surface area contributed by atoms with Crippen molar-refractivity contribution in [2.75, 3.05) is 13.7 Å². The highest BCUT2D eigenvalue weighted by Crippen LogP contribution is 2.25. The van der Waals surface area contributed by atoms with Crippen LogP contribution in [0, 0.1) is 12.8 Å². The number of hydrogen-bond acceptors (Lipinski definition) is 4. The second kappa shape index (κ2) is 10.1. The van der Waals surface area contributed by atoms with E-state index >= 15 is 0 Å². The number of aromatic nitrogens is 2. The first kappa shape index (κ1) is 22.7. The molecule has 1 fully saturated rings. The predicted molar refractivity (Wildman–Crippen MR) is 108 cm³/mol. The number of amides is 1. The summed E-state index contributed by atoms with van der Waals surface area (Å²) in [7, 11) is 1.66. The molecule has 0 unspecified atom stereocenters. The topological polar surface area (TPSA) is 93.0 Å². The summed E-state index contributed by atoms with van der Waals surface area (Å²) in [5.74, 6) is 0.986. The maximum atomic E-state index is 12.3. The number of hydrogen-bond donors (Lipinski definition) is 3. The lowest BCUT2D eigenvalue weighted by molar-refractivity contribution is -0.127. The summed E-state index contributed by atoms with van der Waals surface area (Å²) in [6.07, 6.45) is 3.04. The fourth-order valence-corrected chi connectivity index (χ4v) is 3.40. The molecule has 1 aromatic heterocycles. The third-order valence-electron chi connectivity index (χ3n) is 4.86. The number of carbonyl (C=O) groups excluding carboxylic acids is 1. The number of nitrogens with one attached hydrogen (secondary N) is 2. The molecule has 8 heteroatoms. The maximum Gasteiger partial charge on any atom is 0.223 e. The molecule has 26 heavy (non-hydrogen) atoms. The van der Waals surface area contributed by atoms with Crippen molar-refractivity contribution >= 4 is 41.8 Å². The van der Waals surface area contributed by atoms with Crippen LogP contribution in [-0.2, 0) is 16.0 Å². The van der Waals surface area contributed by atoms with Gasteiger partial charge >= 0.3 is 0 Å². The fraction of sp³-hybridized carbons (Fsp3) is 0.556. The molecule has 1 heterocycles. The molecule has 3 atom stereocenters. The second-order valence-corrected chi connectivity index (χ2v) is 6.69. The Kier molecular flexibility index (Phi) is 8.83. The zero-order valence-corrected chi connectivity index (χ0v) is 16.8. The van der Waals surface area contributed by atoms with E-state index in [1.807, 2.05) is 6.07 Å². The molecule has 0 spiro atoms. The molecular weight excluding hydrogens is 375 g/mol. The summed E-state index contributed by atoms with van der Waals surface area (Å²) >= 11 is 0. The largest absolute Gasteiger partial charge is 0.380 e. The molecule has 2 aromatic rings. The van der Waals surface area contributed by atoms with E-state index in [9.17, 15) is 4.79 Å². The summed E-state index contributed by atoms with van der Waals surface area (Å²) in [6.45, 7) is 2.64. The van der Waals surface area contributed by atoms with Gasteiger partial charge in [-0.25, -0.2) is 4.98 Å². The van der Waals surface area contributed by atoms with Crippen molar-refractivity contribution in [3.8, 4) is 0 Å². The summed E-state index contributed by atoms with van der Waals surface area (Å²) < 4.78 is 5.38. The Morgan fingerprint density at radius 3 is 2.88 bits per heavy atom. The van der Waals surface area contributed by atoms with Crippen LogP contribution in [0.1, 0.15) is 30.7 Å². The van der Waals surface area contributed by atoms with Crippen molar-refractivity contribution in [2.24, 2.45) is 11.7 Å². The summed E-state index contributed by atoms with van der Waals surface area (Å²) in [6, 6.07) is 6.19. The molecule has 1 aliphatic rings. The molecule has 4 N–H and O–H groups in total. The highest BCUT2D eigenvalue weighted by Gasteiger charge is 2.31. The number of aromatic amines is 1. The minimum Gasteiger partial charge on any atom is -0.380 e. The molecule has 1 aromatic carbocycles. The number of benzene rings is 1. The van der Waals surface area contributed by atoms with Crippen LogP contribution in [0.15, 0.2) is 18.2 Å². The Morgan fingerprint density at radius 2 is 2.15 bits per heavy atom. The van der Waals surface area contributed by atoms with Crippen LogP contribution in [0.3, 0.4) is 0 Å². The number of halogens is 2. The molecule has 0 saturated heterocycles. The highest BCUT2D eigenvalue weighted by molar-refractivity contribution is 5.85. The number of carbonyl (C=O) groups is 1. The fourth-order valence-electron chi connectivity index (χ4n) is 3.40. The van der Waals surface area contributed by atoms with E-state index in [2.05, 4.69) is 34.3 Å². The van der Waals surface area contributed by atoms with Gasteiger partial charge in [0, 0.05) is 32.0 Å². The Bertz CT molecular complexity index is 722. The van der Waals surface area contributed by atoms with E-state index in [1.54, 1.807) is 7.11 Å². The molecule has 0 aliphatic heterocycles. The number of aryl methyl sites for hydroxylation is 1. The van der Waals surface area contributed by atoms with E-state index in [0.717, 1.165) is 29.7 Å². The van der Waals surface area contributed by atoms with E-state index in [-0.39, 0.29) is 48.8 Å². The van der Waals surface area contributed by atoms with Crippen molar-refractivity contribution < 1.29 is 9.53 Å². The van der Waals surface area contributed by atoms with Gasteiger partial charge in [0.05, 0.1) is 17.1 Å². The maximum absolute atomic E-state index is 12.3. The van der Waals surface area contributed by atoms with Crippen molar-refractivity contribution in [1.82, 2.24) is 15.3 Å². The SMILES string of the molecule is CO[C@@H]1C[C@@H](C(=O)NCCc2nc3ccc(C)cc3[nH]2)CC[C@H]1N.Cl.Cl. The number of nitrogens with two attached hydrogens (primary N) is 1. The van der Waals surface area contributed by atoms with Crippen LogP contribution in [0.2, 0.25) is 0 Å². The summed E-state index contributed by atoms with van der Waals surface area (Å²) in [5, 5.41) is 3.02. The third-order valence-corrected chi connectivity index (χ3v) is 4.86. The van der Waals surface area contributed by atoms with Gasteiger partial charge in [0.1, 0.15) is 5.82 Å². The smallest absolute Gasteiger partial charge is 0.223 e. The molecular formula is C18H28Cl2N4O2. The van der Waals surface area contributed by atoms with Gasteiger partial charge in [0.2, 0.25) is 5.91 Å². The van der Waals surface area contributed by atoms with E-state index in [1.165, 1.54) is 5.56 Å². The number of H-pyrrole nitrogens is 1. The average molecular weight is 403 g/mol. The molecule has 6 nitrogen and oxygen atoms in total. The number of methoxy groups -OCH3 is 1. The lowest BCUT2D eigenvalue weighted by atomic mass is 9.83. The third kappa shape index (κ3) is 5.33. The van der Waals surface area contributed by atoms with Gasteiger partial charge in [0.25, 0.3) is 0 Å². The van der Waals surface area contributed by atoms with E-state index in [4.69, 9.17) is 10.5 Å². The molecule has 0 bridgehead atoms. The molecule has 1 aliphatic carbocycles. The van der Waals surface area contributed by atoms with E-state index < -0.39 is 0 Å². The Labute approximate surface area is 166 Å². The monoisotopic (exact) mass is 402 g/mol. The average Bonchev–Trinajstić information content (AvgIpc) is 2.96. The van der Waals surface area contributed by atoms with Gasteiger partial charge in [0.15, 0.2) is 0 Å².